The number of hydrogen-bond donors (Lipinski definition) is 2. The summed E-state index contributed by atoms with van der Waals surface area (Å²) in [6.45, 7) is 3.47. The molecule has 0 aliphatic carbocycles. The number of pyridine rings is 1. The molecule has 0 atom stereocenters. The van der Waals surface area contributed by atoms with Crippen LogP contribution in [0.2, 0.25) is 0 Å². The van der Waals surface area contributed by atoms with Crippen LogP contribution in [0.25, 0.3) is 10.9 Å². The van der Waals surface area contributed by atoms with Crippen molar-refractivity contribution in [3.05, 3.63) is 48.8 Å². The summed E-state index contributed by atoms with van der Waals surface area (Å²) in [5.41, 5.74) is 2.19. The molecule has 4 rings (SSSR count). The first-order valence-electron chi connectivity index (χ1n) is 8.82. The van der Waals surface area contributed by atoms with Gasteiger partial charge in [0.2, 0.25) is 5.88 Å². The van der Waals surface area contributed by atoms with E-state index in [1.54, 1.807) is 12.4 Å². The fourth-order valence-corrected chi connectivity index (χ4v) is 3.26. The number of carbonyl (C=O) groups excluding carboxylic acids is 1. The van der Waals surface area contributed by atoms with Crippen LogP contribution in [0.15, 0.2) is 59.0 Å². The largest absolute Gasteiger partial charge is 0.493 e. The molecule has 138 valence electrons. The number of carbonyl (C=O) groups is 1. The van der Waals surface area contributed by atoms with Gasteiger partial charge in [-0.3, -0.25) is 14.7 Å². The highest BCUT2D eigenvalue weighted by molar-refractivity contribution is 5.94. The zero-order valence-electron chi connectivity index (χ0n) is 14.7. The Labute approximate surface area is 156 Å². The van der Waals surface area contributed by atoms with E-state index in [2.05, 4.69) is 30.0 Å². The lowest BCUT2D eigenvalue weighted by Gasteiger charge is -2.35. The van der Waals surface area contributed by atoms with E-state index in [9.17, 15) is 9.90 Å². The Morgan fingerprint density at radius 3 is 2.63 bits per heavy atom. The molecule has 0 unspecified atom stereocenters. The number of para-hydroxylation sites is 1. The maximum Gasteiger partial charge on any atom is 0.278 e. The molecule has 1 aliphatic rings. The molecule has 1 aromatic carbocycles. The molecule has 0 bridgehead atoms. The van der Waals surface area contributed by atoms with Crippen molar-refractivity contribution in [1.29, 1.82) is 0 Å². The van der Waals surface area contributed by atoms with Gasteiger partial charge < -0.3 is 15.0 Å². The molecule has 3 aromatic rings. The monoisotopic (exact) mass is 364 g/mol. The number of H-pyrrole nitrogens is 1. The Morgan fingerprint density at radius 2 is 1.85 bits per heavy atom. The Bertz CT molecular complexity index is 961. The summed E-state index contributed by atoms with van der Waals surface area (Å²) >= 11 is 0. The van der Waals surface area contributed by atoms with Crippen molar-refractivity contribution in [1.82, 2.24) is 14.9 Å². The minimum absolute atomic E-state index is 0.0845. The smallest absolute Gasteiger partial charge is 0.278 e. The molecular formula is C19H20N6O2. The quantitative estimate of drug-likeness (QED) is 0.694. The van der Waals surface area contributed by atoms with Gasteiger partial charge in [0.15, 0.2) is 5.69 Å². The van der Waals surface area contributed by atoms with Crippen molar-refractivity contribution < 1.29 is 9.90 Å². The summed E-state index contributed by atoms with van der Waals surface area (Å²) in [5.74, 6) is -0.407. The number of rotatable bonds is 4. The lowest BCUT2D eigenvalue weighted by Crippen LogP contribution is -2.47. The third-order valence-electron chi connectivity index (χ3n) is 4.68. The molecule has 1 amide bonds. The molecule has 8 nitrogen and oxygen atoms in total. The Balaban J connectivity index is 1.35. The number of aromatic amines is 1. The fraction of sp³-hybridized carbons (Fsp3) is 0.263. The molecular weight excluding hydrogens is 344 g/mol. The summed E-state index contributed by atoms with van der Waals surface area (Å²) in [5, 5.41) is 18.5. The highest BCUT2D eigenvalue weighted by Gasteiger charge is 2.19. The van der Waals surface area contributed by atoms with Crippen LogP contribution >= 0.6 is 0 Å². The van der Waals surface area contributed by atoms with Crippen LogP contribution in [-0.2, 0) is 4.79 Å². The lowest BCUT2D eigenvalue weighted by atomic mass is 10.2. The number of aromatic hydroxyl groups is 1. The van der Waals surface area contributed by atoms with E-state index in [-0.39, 0.29) is 18.3 Å². The second-order valence-electron chi connectivity index (χ2n) is 6.43. The van der Waals surface area contributed by atoms with Gasteiger partial charge in [-0.1, -0.05) is 18.2 Å². The first-order valence-corrected chi connectivity index (χ1v) is 8.82. The summed E-state index contributed by atoms with van der Waals surface area (Å²) in [7, 11) is 0. The van der Waals surface area contributed by atoms with Gasteiger partial charge in [-0.2, -0.15) is 0 Å². The SMILES string of the molecule is O=C(CN1CCN(c2ccncc2)CC1)N=Nc1c(O)[nH]c2ccccc12. The van der Waals surface area contributed by atoms with Crippen LogP contribution in [0, 0.1) is 0 Å². The standard InChI is InChI=1S/C19H20N6O2/c26-17(22-23-18-15-3-1-2-4-16(15)21-19(18)27)13-24-9-11-25(12-10-24)14-5-7-20-8-6-14/h1-8,21,27H,9-13H2. The number of nitrogens with zero attached hydrogens (tertiary/aromatic N) is 5. The van der Waals surface area contributed by atoms with Crippen LogP contribution in [0.4, 0.5) is 11.4 Å². The third kappa shape index (κ3) is 3.80. The van der Waals surface area contributed by atoms with Gasteiger partial charge in [0, 0.05) is 49.6 Å². The summed E-state index contributed by atoms with van der Waals surface area (Å²) in [6.07, 6.45) is 3.57. The maximum absolute atomic E-state index is 12.2. The Hall–Kier alpha value is -3.26. The van der Waals surface area contributed by atoms with E-state index in [1.807, 2.05) is 36.4 Å². The number of hydrogen-bond acceptors (Lipinski definition) is 6. The first-order chi connectivity index (χ1) is 13.2. The van der Waals surface area contributed by atoms with Gasteiger partial charge in [-0.15, -0.1) is 10.2 Å². The molecule has 2 aromatic heterocycles. The predicted octanol–water partition coefficient (Wildman–Crippen LogP) is 2.70. The topological polar surface area (TPSA) is 97.2 Å². The van der Waals surface area contributed by atoms with Crippen molar-refractivity contribution in [3.8, 4) is 5.88 Å². The molecule has 8 heteroatoms. The number of azo groups is 1. The molecule has 1 saturated heterocycles. The second-order valence-corrected chi connectivity index (χ2v) is 6.43. The molecule has 1 fully saturated rings. The van der Waals surface area contributed by atoms with E-state index >= 15 is 0 Å². The van der Waals surface area contributed by atoms with Gasteiger partial charge in [-0.05, 0) is 18.2 Å². The lowest BCUT2D eigenvalue weighted by molar-refractivity contribution is -0.119. The first kappa shape index (κ1) is 17.2. The molecule has 0 saturated carbocycles. The summed E-state index contributed by atoms with van der Waals surface area (Å²) < 4.78 is 0. The van der Waals surface area contributed by atoms with E-state index in [0.29, 0.717) is 5.69 Å². The maximum atomic E-state index is 12.2. The van der Waals surface area contributed by atoms with E-state index in [1.165, 1.54) is 0 Å². The van der Waals surface area contributed by atoms with Crippen LogP contribution in [0.3, 0.4) is 0 Å². The fourth-order valence-electron chi connectivity index (χ4n) is 3.26. The zero-order chi connectivity index (χ0) is 18.6. The Morgan fingerprint density at radius 1 is 1.11 bits per heavy atom. The molecule has 3 heterocycles. The number of benzene rings is 1. The highest BCUT2D eigenvalue weighted by atomic mass is 16.3. The number of piperazine rings is 1. The van der Waals surface area contributed by atoms with Gasteiger partial charge in [0.05, 0.1) is 12.1 Å². The van der Waals surface area contributed by atoms with Crippen LogP contribution < -0.4 is 4.90 Å². The zero-order valence-corrected chi connectivity index (χ0v) is 14.7. The Kier molecular flexibility index (Phi) is 4.80. The normalized spacial score (nSPS) is 15.6. The van der Waals surface area contributed by atoms with Crippen molar-refractivity contribution in [2.75, 3.05) is 37.6 Å². The van der Waals surface area contributed by atoms with Crippen LogP contribution in [0.1, 0.15) is 0 Å². The van der Waals surface area contributed by atoms with Crippen molar-refractivity contribution >= 4 is 28.2 Å². The molecule has 27 heavy (non-hydrogen) atoms. The van der Waals surface area contributed by atoms with Crippen molar-refractivity contribution in [2.45, 2.75) is 0 Å². The van der Waals surface area contributed by atoms with E-state index in [0.717, 1.165) is 42.8 Å². The molecule has 0 radical (unpaired) electrons. The number of fused-ring (bicyclic) bond motifs is 1. The summed E-state index contributed by atoms with van der Waals surface area (Å²) in [4.78, 5) is 23.4. The molecule has 1 aliphatic heterocycles. The van der Waals surface area contributed by atoms with Gasteiger partial charge in [-0.25, -0.2) is 0 Å². The van der Waals surface area contributed by atoms with Gasteiger partial charge in [0.25, 0.3) is 5.91 Å². The molecule has 2 N–H and O–H groups in total. The minimum atomic E-state index is -0.322. The number of nitrogens with one attached hydrogen (secondary N) is 1. The second kappa shape index (κ2) is 7.55. The summed E-state index contributed by atoms with van der Waals surface area (Å²) in [6, 6.07) is 11.3. The van der Waals surface area contributed by atoms with Crippen LogP contribution in [-0.4, -0.2) is 58.6 Å². The van der Waals surface area contributed by atoms with Crippen molar-refractivity contribution in [2.24, 2.45) is 10.2 Å². The van der Waals surface area contributed by atoms with E-state index < -0.39 is 0 Å². The van der Waals surface area contributed by atoms with Crippen molar-refractivity contribution in [3.63, 3.8) is 0 Å². The average Bonchev–Trinajstić information content (AvgIpc) is 3.03. The number of amides is 1. The van der Waals surface area contributed by atoms with Gasteiger partial charge >= 0.3 is 0 Å². The molecule has 0 spiro atoms. The number of aromatic nitrogens is 2. The minimum Gasteiger partial charge on any atom is -0.493 e. The highest BCUT2D eigenvalue weighted by Crippen LogP contribution is 2.35. The van der Waals surface area contributed by atoms with E-state index in [4.69, 9.17) is 0 Å². The third-order valence-corrected chi connectivity index (χ3v) is 4.68. The van der Waals surface area contributed by atoms with Gasteiger partial charge in [0.1, 0.15) is 0 Å². The average molecular weight is 364 g/mol. The number of anilines is 1. The van der Waals surface area contributed by atoms with Crippen LogP contribution in [0.5, 0.6) is 5.88 Å². The predicted molar refractivity (Wildman–Crippen MR) is 102 cm³/mol.